The maximum Gasteiger partial charge on any atom is 0.230 e. The van der Waals surface area contributed by atoms with Gasteiger partial charge in [-0.1, -0.05) is 36.0 Å². The minimum Gasteiger partial charge on any atom is -0.352 e. The maximum absolute atomic E-state index is 11.5. The van der Waals surface area contributed by atoms with Crippen LogP contribution in [0.15, 0.2) is 48.0 Å². The van der Waals surface area contributed by atoms with Crippen molar-refractivity contribution in [2.75, 3.05) is 12.3 Å². The molecule has 4 heteroatoms. The van der Waals surface area contributed by atoms with Crippen molar-refractivity contribution in [2.45, 2.75) is 11.9 Å². The van der Waals surface area contributed by atoms with Gasteiger partial charge >= 0.3 is 0 Å². The number of amides is 1. The van der Waals surface area contributed by atoms with Crippen molar-refractivity contribution in [3.63, 3.8) is 0 Å². The lowest BCUT2D eigenvalue weighted by atomic mass is 10.1. The first kappa shape index (κ1) is 13.6. The van der Waals surface area contributed by atoms with Gasteiger partial charge in [-0.05, 0) is 24.6 Å². The lowest BCUT2D eigenvalue weighted by Crippen LogP contribution is -2.24. The molecule has 1 aromatic heterocycles. The third-order valence-corrected chi connectivity index (χ3v) is 3.61. The van der Waals surface area contributed by atoms with Gasteiger partial charge in [0.1, 0.15) is 0 Å². The van der Waals surface area contributed by atoms with Crippen LogP contribution in [0.1, 0.15) is 5.56 Å². The summed E-state index contributed by atoms with van der Waals surface area (Å²) in [5.74, 6) is 0.371. The van der Waals surface area contributed by atoms with Crippen molar-refractivity contribution in [3.05, 3.63) is 48.6 Å². The molecule has 3 nitrogen and oxygen atoms in total. The van der Waals surface area contributed by atoms with Gasteiger partial charge in [0.15, 0.2) is 0 Å². The third-order valence-electron chi connectivity index (χ3n) is 2.69. The molecule has 1 heterocycles. The molecule has 0 unspecified atom stereocenters. The van der Waals surface area contributed by atoms with E-state index in [-0.39, 0.29) is 5.91 Å². The number of carbonyl (C=O) groups is 1. The molecule has 2 aromatic rings. The zero-order valence-corrected chi connectivity index (χ0v) is 11.7. The zero-order valence-electron chi connectivity index (χ0n) is 10.8. The minimum absolute atomic E-state index is 0.00230. The highest BCUT2D eigenvalue weighted by Gasteiger charge is 2.05. The molecule has 1 N–H and O–H groups in total. The number of hydrogen-bond donors (Lipinski definition) is 1. The molecular formula is C15H16N2OS. The number of pyridine rings is 1. The average Bonchev–Trinajstić information content (AvgIpc) is 2.43. The normalized spacial score (nSPS) is 10.4. The molecule has 0 saturated heterocycles. The molecule has 2 rings (SSSR count). The molecule has 0 aliphatic rings. The topological polar surface area (TPSA) is 42.0 Å². The second kappa shape index (κ2) is 6.38. The van der Waals surface area contributed by atoms with Crippen molar-refractivity contribution in [2.24, 2.45) is 0 Å². The number of aromatic nitrogens is 1. The lowest BCUT2D eigenvalue weighted by molar-refractivity contribution is -0.118. The second-order valence-corrected chi connectivity index (χ2v) is 5.17. The van der Waals surface area contributed by atoms with Gasteiger partial charge in [0.05, 0.1) is 16.3 Å². The van der Waals surface area contributed by atoms with Crippen LogP contribution in [0, 0.1) is 6.92 Å². The van der Waals surface area contributed by atoms with Crippen molar-refractivity contribution < 1.29 is 4.79 Å². The van der Waals surface area contributed by atoms with Crippen LogP contribution in [-0.2, 0) is 4.79 Å². The van der Waals surface area contributed by atoms with Crippen LogP contribution in [0.5, 0.6) is 0 Å². The van der Waals surface area contributed by atoms with E-state index in [1.807, 2.05) is 24.3 Å². The first-order chi connectivity index (χ1) is 9.20. The van der Waals surface area contributed by atoms with Gasteiger partial charge in [0.2, 0.25) is 5.91 Å². The van der Waals surface area contributed by atoms with Crippen molar-refractivity contribution in [3.8, 4) is 0 Å². The number of fused-ring (bicyclic) bond motifs is 1. The van der Waals surface area contributed by atoms with Crippen molar-refractivity contribution in [1.82, 2.24) is 10.3 Å². The van der Waals surface area contributed by atoms with E-state index in [4.69, 9.17) is 0 Å². The van der Waals surface area contributed by atoms with E-state index < -0.39 is 0 Å². The number of aryl methyl sites for hydroxylation is 1. The molecule has 0 aliphatic carbocycles. The Hall–Kier alpha value is -1.81. The number of nitrogens with one attached hydrogen (secondary N) is 1. The molecule has 0 saturated carbocycles. The summed E-state index contributed by atoms with van der Waals surface area (Å²) in [4.78, 5) is 16.1. The molecular weight excluding hydrogens is 256 g/mol. The largest absolute Gasteiger partial charge is 0.352 e. The van der Waals surface area contributed by atoms with Crippen molar-refractivity contribution >= 4 is 28.6 Å². The van der Waals surface area contributed by atoms with Crippen LogP contribution >= 0.6 is 11.8 Å². The zero-order chi connectivity index (χ0) is 13.7. The predicted octanol–water partition coefficient (Wildman–Crippen LogP) is 2.94. The Balaban J connectivity index is 2.09. The monoisotopic (exact) mass is 272 g/mol. The van der Waals surface area contributed by atoms with Crippen molar-refractivity contribution in [1.29, 1.82) is 0 Å². The summed E-state index contributed by atoms with van der Waals surface area (Å²) in [6.07, 6.45) is 1.67. The maximum atomic E-state index is 11.5. The minimum atomic E-state index is -0.00230. The fourth-order valence-corrected chi connectivity index (χ4v) is 2.57. The van der Waals surface area contributed by atoms with E-state index in [0.29, 0.717) is 12.3 Å². The Morgan fingerprint density at radius 3 is 3.05 bits per heavy atom. The summed E-state index contributed by atoms with van der Waals surface area (Å²) >= 11 is 1.45. The quantitative estimate of drug-likeness (QED) is 0.672. The first-order valence-electron chi connectivity index (χ1n) is 6.07. The predicted molar refractivity (Wildman–Crippen MR) is 80.4 cm³/mol. The highest BCUT2D eigenvalue weighted by atomic mass is 32.2. The molecule has 0 fully saturated rings. The molecule has 0 bridgehead atoms. The summed E-state index contributed by atoms with van der Waals surface area (Å²) in [5.41, 5.74) is 2.15. The first-order valence-corrected chi connectivity index (χ1v) is 7.06. The fraction of sp³-hybridized carbons (Fsp3) is 0.200. The molecule has 0 radical (unpaired) electrons. The summed E-state index contributed by atoms with van der Waals surface area (Å²) in [6.45, 7) is 6.13. The van der Waals surface area contributed by atoms with Crippen LogP contribution in [0.25, 0.3) is 10.9 Å². The summed E-state index contributed by atoms with van der Waals surface area (Å²) in [6, 6.07) is 10.0. The molecule has 1 aromatic carbocycles. The van der Waals surface area contributed by atoms with E-state index in [9.17, 15) is 4.79 Å². The van der Waals surface area contributed by atoms with Gasteiger partial charge in [-0.3, -0.25) is 4.79 Å². The van der Waals surface area contributed by atoms with Crippen LogP contribution in [-0.4, -0.2) is 23.2 Å². The standard InChI is InChI=1S/C15H16N2OS/c1-3-8-16-14(18)10-19-15-9-11(2)12-6-4-5-7-13(12)17-15/h3-7,9H,1,8,10H2,2H3,(H,16,18). The van der Waals surface area contributed by atoms with E-state index in [1.54, 1.807) is 6.08 Å². The number of para-hydroxylation sites is 1. The van der Waals surface area contributed by atoms with E-state index in [0.717, 1.165) is 15.9 Å². The Kier molecular flexibility index (Phi) is 4.58. The molecule has 0 aliphatic heterocycles. The fourth-order valence-electron chi connectivity index (χ4n) is 1.77. The summed E-state index contributed by atoms with van der Waals surface area (Å²) in [5, 5.41) is 4.78. The van der Waals surface area contributed by atoms with Gasteiger partial charge < -0.3 is 5.32 Å². The van der Waals surface area contributed by atoms with Crippen LogP contribution in [0.4, 0.5) is 0 Å². The Bertz CT molecular complexity index is 610. The number of thioether (sulfide) groups is 1. The Morgan fingerprint density at radius 2 is 2.26 bits per heavy atom. The summed E-state index contributed by atoms with van der Waals surface area (Å²) in [7, 11) is 0. The van der Waals surface area contributed by atoms with E-state index in [2.05, 4.69) is 29.9 Å². The second-order valence-electron chi connectivity index (χ2n) is 4.18. The van der Waals surface area contributed by atoms with Crippen LogP contribution in [0.2, 0.25) is 0 Å². The van der Waals surface area contributed by atoms with Gasteiger partial charge in [0, 0.05) is 11.9 Å². The van der Waals surface area contributed by atoms with Gasteiger partial charge in [-0.15, -0.1) is 6.58 Å². The number of benzene rings is 1. The third kappa shape index (κ3) is 3.58. The van der Waals surface area contributed by atoms with E-state index >= 15 is 0 Å². The Morgan fingerprint density at radius 1 is 1.47 bits per heavy atom. The molecule has 1 amide bonds. The molecule has 0 atom stereocenters. The van der Waals surface area contributed by atoms with Gasteiger partial charge in [0.25, 0.3) is 0 Å². The van der Waals surface area contributed by atoms with Gasteiger partial charge in [-0.2, -0.15) is 0 Å². The number of nitrogens with zero attached hydrogens (tertiary/aromatic N) is 1. The number of carbonyl (C=O) groups excluding carboxylic acids is 1. The molecule has 0 spiro atoms. The number of rotatable bonds is 5. The average molecular weight is 272 g/mol. The van der Waals surface area contributed by atoms with Gasteiger partial charge in [-0.25, -0.2) is 4.98 Å². The number of hydrogen-bond acceptors (Lipinski definition) is 3. The SMILES string of the molecule is C=CCNC(=O)CSc1cc(C)c2ccccc2n1. The highest BCUT2D eigenvalue weighted by Crippen LogP contribution is 2.23. The van der Waals surface area contributed by atoms with E-state index in [1.165, 1.54) is 17.3 Å². The Labute approximate surface area is 117 Å². The van der Waals surface area contributed by atoms with Crippen LogP contribution < -0.4 is 5.32 Å². The lowest BCUT2D eigenvalue weighted by Gasteiger charge is -2.06. The molecule has 98 valence electrons. The smallest absolute Gasteiger partial charge is 0.230 e. The van der Waals surface area contributed by atoms with Crippen LogP contribution in [0.3, 0.4) is 0 Å². The highest BCUT2D eigenvalue weighted by molar-refractivity contribution is 7.99. The molecule has 19 heavy (non-hydrogen) atoms. The summed E-state index contributed by atoms with van der Waals surface area (Å²) < 4.78 is 0.